The standard InChI is InChI=1S/C16H13Cl2N3/c17-15-7-5-13(6-8-15)12-1-3-14(4-2-12)16(18)9-21-11-19-10-20-21/h1-8,10-11,16H,9H2. The number of benzene rings is 2. The Balaban J connectivity index is 1.75. The van der Waals surface area contributed by atoms with Gasteiger partial charge < -0.3 is 0 Å². The first-order valence-electron chi connectivity index (χ1n) is 6.55. The minimum absolute atomic E-state index is 0.133. The van der Waals surface area contributed by atoms with E-state index in [0.29, 0.717) is 6.54 Å². The van der Waals surface area contributed by atoms with Gasteiger partial charge in [0.25, 0.3) is 0 Å². The number of hydrogen-bond acceptors (Lipinski definition) is 2. The highest BCUT2D eigenvalue weighted by molar-refractivity contribution is 6.30. The lowest BCUT2D eigenvalue weighted by Crippen LogP contribution is -2.04. The number of aromatic nitrogens is 3. The first-order valence-corrected chi connectivity index (χ1v) is 7.36. The van der Waals surface area contributed by atoms with Crippen molar-refractivity contribution in [1.29, 1.82) is 0 Å². The molecule has 3 aromatic rings. The van der Waals surface area contributed by atoms with Crippen molar-refractivity contribution in [2.24, 2.45) is 0 Å². The van der Waals surface area contributed by atoms with Crippen LogP contribution in [0, 0.1) is 0 Å². The Bertz CT molecular complexity index is 691. The molecule has 0 saturated carbocycles. The molecular weight excluding hydrogens is 305 g/mol. The summed E-state index contributed by atoms with van der Waals surface area (Å²) in [5, 5.41) is 4.67. The topological polar surface area (TPSA) is 30.7 Å². The van der Waals surface area contributed by atoms with Crippen LogP contribution >= 0.6 is 23.2 Å². The molecule has 2 aromatic carbocycles. The molecule has 0 bridgehead atoms. The van der Waals surface area contributed by atoms with E-state index in [1.807, 2.05) is 36.4 Å². The molecule has 0 fully saturated rings. The zero-order valence-electron chi connectivity index (χ0n) is 11.2. The largest absolute Gasteiger partial charge is 0.251 e. The Morgan fingerprint density at radius 3 is 2.14 bits per heavy atom. The van der Waals surface area contributed by atoms with Crippen LogP contribution in [-0.4, -0.2) is 14.8 Å². The summed E-state index contributed by atoms with van der Waals surface area (Å²) in [7, 11) is 0. The minimum atomic E-state index is -0.133. The van der Waals surface area contributed by atoms with Crippen molar-refractivity contribution in [3.05, 3.63) is 71.8 Å². The predicted octanol–water partition coefficient (Wildman–Crippen LogP) is 4.58. The molecule has 0 aliphatic rings. The van der Waals surface area contributed by atoms with Crippen LogP contribution in [0.2, 0.25) is 5.02 Å². The molecule has 106 valence electrons. The second kappa shape index (κ2) is 6.29. The van der Waals surface area contributed by atoms with Gasteiger partial charge in [0.15, 0.2) is 0 Å². The lowest BCUT2D eigenvalue weighted by Gasteiger charge is -2.10. The molecule has 0 aliphatic carbocycles. The third-order valence-electron chi connectivity index (χ3n) is 3.26. The van der Waals surface area contributed by atoms with E-state index in [0.717, 1.165) is 21.7 Å². The van der Waals surface area contributed by atoms with Gasteiger partial charge in [0, 0.05) is 5.02 Å². The van der Waals surface area contributed by atoms with Gasteiger partial charge in [-0.25, -0.2) is 4.98 Å². The predicted molar refractivity (Wildman–Crippen MR) is 85.5 cm³/mol. The fraction of sp³-hybridized carbons (Fsp3) is 0.125. The van der Waals surface area contributed by atoms with Gasteiger partial charge in [-0.05, 0) is 28.8 Å². The number of rotatable bonds is 4. The van der Waals surface area contributed by atoms with E-state index < -0.39 is 0 Å². The first kappa shape index (κ1) is 14.1. The van der Waals surface area contributed by atoms with Crippen LogP contribution in [0.25, 0.3) is 11.1 Å². The summed E-state index contributed by atoms with van der Waals surface area (Å²) in [6, 6.07) is 16.0. The summed E-state index contributed by atoms with van der Waals surface area (Å²) in [5.41, 5.74) is 3.33. The van der Waals surface area contributed by atoms with Gasteiger partial charge in [0.05, 0.1) is 11.9 Å². The Morgan fingerprint density at radius 1 is 0.952 bits per heavy atom. The van der Waals surface area contributed by atoms with E-state index in [-0.39, 0.29) is 5.38 Å². The molecule has 0 radical (unpaired) electrons. The molecule has 0 spiro atoms. The van der Waals surface area contributed by atoms with Crippen molar-refractivity contribution in [1.82, 2.24) is 14.8 Å². The van der Waals surface area contributed by atoms with Crippen molar-refractivity contribution in [2.75, 3.05) is 0 Å². The number of hydrogen-bond donors (Lipinski definition) is 0. The van der Waals surface area contributed by atoms with Crippen LogP contribution in [-0.2, 0) is 6.54 Å². The van der Waals surface area contributed by atoms with Gasteiger partial charge in [-0.3, -0.25) is 4.68 Å². The molecule has 5 heteroatoms. The van der Waals surface area contributed by atoms with Crippen LogP contribution < -0.4 is 0 Å². The van der Waals surface area contributed by atoms with Crippen molar-refractivity contribution >= 4 is 23.2 Å². The van der Waals surface area contributed by atoms with Crippen LogP contribution in [0.3, 0.4) is 0 Å². The van der Waals surface area contributed by atoms with Gasteiger partial charge in [0.1, 0.15) is 12.7 Å². The normalized spacial score (nSPS) is 12.3. The minimum Gasteiger partial charge on any atom is -0.251 e. The zero-order chi connectivity index (χ0) is 14.7. The molecule has 1 heterocycles. The van der Waals surface area contributed by atoms with Crippen LogP contribution in [0.1, 0.15) is 10.9 Å². The second-order valence-electron chi connectivity index (χ2n) is 4.71. The molecule has 1 unspecified atom stereocenters. The lowest BCUT2D eigenvalue weighted by molar-refractivity contribution is 0.600. The van der Waals surface area contributed by atoms with E-state index in [1.54, 1.807) is 11.0 Å². The van der Waals surface area contributed by atoms with Crippen LogP contribution in [0.5, 0.6) is 0 Å². The number of alkyl halides is 1. The summed E-state index contributed by atoms with van der Waals surface area (Å²) in [4.78, 5) is 3.91. The summed E-state index contributed by atoms with van der Waals surface area (Å²) >= 11 is 12.3. The van der Waals surface area contributed by atoms with E-state index >= 15 is 0 Å². The Morgan fingerprint density at radius 2 is 1.57 bits per heavy atom. The summed E-state index contributed by atoms with van der Waals surface area (Å²) in [6.45, 7) is 0.599. The molecule has 0 saturated heterocycles. The molecule has 1 aromatic heterocycles. The Hall–Kier alpha value is -1.84. The molecule has 0 aliphatic heterocycles. The molecule has 3 nitrogen and oxygen atoms in total. The highest BCUT2D eigenvalue weighted by Gasteiger charge is 2.09. The van der Waals surface area contributed by atoms with Crippen LogP contribution in [0.4, 0.5) is 0 Å². The smallest absolute Gasteiger partial charge is 0.137 e. The molecule has 1 atom stereocenters. The fourth-order valence-corrected chi connectivity index (χ4v) is 2.54. The number of halogens is 2. The average Bonchev–Trinajstić information content (AvgIpc) is 3.01. The van der Waals surface area contributed by atoms with Gasteiger partial charge in [-0.15, -0.1) is 11.6 Å². The van der Waals surface area contributed by atoms with Crippen molar-refractivity contribution < 1.29 is 0 Å². The molecule has 0 N–H and O–H groups in total. The zero-order valence-corrected chi connectivity index (χ0v) is 12.7. The quantitative estimate of drug-likeness (QED) is 0.659. The summed E-state index contributed by atoms with van der Waals surface area (Å²) < 4.78 is 1.73. The number of nitrogens with zero attached hydrogens (tertiary/aromatic N) is 3. The van der Waals surface area contributed by atoms with Crippen molar-refractivity contribution in [2.45, 2.75) is 11.9 Å². The maximum Gasteiger partial charge on any atom is 0.137 e. The van der Waals surface area contributed by atoms with Gasteiger partial charge >= 0.3 is 0 Å². The second-order valence-corrected chi connectivity index (χ2v) is 5.68. The summed E-state index contributed by atoms with van der Waals surface area (Å²) in [6.07, 6.45) is 3.17. The molecule has 3 rings (SSSR count). The molecule has 21 heavy (non-hydrogen) atoms. The first-order chi connectivity index (χ1) is 10.2. The van der Waals surface area contributed by atoms with E-state index in [2.05, 4.69) is 22.2 Å². The summed E-state index contributed by atoms with van der Waals surface area (Å²) in [5.74, 6) is 0. The van der Waals surface area contributed by atoms with Crippen LogP contribution in [0.15, 0.2) is 61.2 Å². The monoisotopic (exact) mass is 317 g/mol. The fourth-order valence-electron chi connectivity index (χ4n) is 2.12. The van der Waals surface area contributed by atoms with Crippen molar-refractivity contribution in [3.63, 3.8) is 0 Å². The average molecular weight is 318 g/mol. The van der Waals surface area contributed by atoms with E-state index in [4.69, 9.17) is 23.2 Å². The molecule has 0 amide bonds. The van der Waals surface area contributed by atoms with E-state index in [1.165, 1.54) is 6.33 Å². The maximum absolute atomic E-state index is 6.41. The highest BCUT2D eigenvalue weighted by Crippen LogP contribution is 2.26. The third kappa shape index (κ3) is 3.43. The maximum atomic E-state index is 6.41. The lowest BCUT2D eigenvalue weighted by atomic mass is 10.0. The van der Waals surface area contributed by atoms with Crippen molar-refractivity contribution in [3.8, 4) is 11.1 Å². The third-order valence-corrected chi connectivity index (χ3v) is 3.91. The van der Waals surface area contributed by atoms with Gasteiger partial charge in [-0.1, -0.05) is 48.0 Å². The SMILES string of the molecule is Clc1ccc(-c2ccc(C(Cl)Cn3cncn3)cc2)cc1. The Kier molecular flexibility index (Phi) is 4.23. The van der Waals surface area contributed by atoms with Gasteiger partial charge in [0.2, 0.25) is 0 Å². The highest BCUT2D eigenvalue weighted by atomic mass is 35.5. The Labute approximate surface area is 133 Å². The van der Waals surface area contributed by atoms with E-state index in [9.17, 15) is 0 Å². The van der Waals surface area contributed by atoms with Gasteiger partial charge in [-0.2, -0.15) is 5.10 Å². The molecular formula is C16H13Cl2N3.